The van der Waals surface area contributed by atoms with E-state index in [1.165, 1.54) is 88.1 Å². The average molecular weight is 516 g/mol. The van der Waals surface area contributed by atoms with E-state index in [2.05, 4.69) is 88.7 Å². The number of fused-ring (bicyclic) bond motifs is 5. The fourth-order valence-corrected chi connectivity index (χ4v) is 6.60. The first-order valence-electron chi connectivity index (χ1n) is 11.3. The molecule has 0 amide bonds. The molecule has 0 bridgehead atoms. The van der Waals surface area contributed by atoms with Gasteiger partial charge >= 0.3 is 0 Å². The fourth-order valence-electron chi connectivity index (χ4n) is 5.88. The SMILES string of the molecule is C=C1C(CCCC)CC2(CC1CCCC)c1cc(Br)ccc1-c1ccc(Br)cc12. The Balaban J connectivity index is 1.86. The van der Waals surface area contributed by atoms with Crippen LogP contribution in [0.5, 0.6) is 0 Å². The van der Waals surface area contributed by atoms with Crippen molar-refractivity contribution in [2.24, 2.45) is 11.8 Å². The number of hydrogen-bond acceptors (Lipinski definition) is 0. The topological polar surface area (TPSA) is 0 Å². The van der Waals surface area contributed by atoms with Gasteiger partial charge in [0.25, 0.3) is 0 Å². The van der Waals surface area contributed by atoms with Gasteiger partial charge in [-0.2, -0.15) is 0 Å². The smallest absolute Gasteiger partial charge is 0.0227 e. The van der Waals surface area contributed by atoms with Crippen LogP contribution in [0.3, 0.4) is 0 Å². The zero-order valence-electron chi connectivity index (χ0n) is 17.7. The van der Waals surface area contributed by atoms with E-state index in [9.17, 15) is 0 Å². The molecule has 1 fully saturated rings. The molecule has 2 aromatic carbocycles. The van der Waals surface area contributed by atoms with E-state index in [1.807, 2.05) is 0 Å². The molecule has 29 heavy (non-hydrogen) atoms. The summed E-state index contributed by atoms with van der Waals surface area (Å²) in [5.41, 5.74) is 7.61. The molecule has 0 radical (unpaired) electrons. The minimum Gasteiger partial charge on any atom is -0.0993 e. The predicted molar refractivity (Wildman–Crippen MR) is 132 cm³/mol. The van der Waals surface area contributed by atoms with Crippen LogP contribution in [-0.4, -0.2) is 0 Å². The maximum Gasteiger partial charge on any atom is 0.0227 e. The first kappa shape index (κ1) is 21.4. The Kier molecular flexibility index (Phi) is 6.42. The van der Waals surface area contributed by atoms with Crippen molar-refractivity contribution in [3.05, 3.63) is 68.6 Å². The van der Waals surface area contributed by atoms with Gasteiger partial charge in [0.05, 0.1) is 0 Å². The third-order valence-electron chi connectivity index (χ3n) is 7.34. The minimum absolute atomic E-state index is 0.121. The lowest BCUT2D eigenvalue weighted by Gasteiger charge is -2.46. The molecule has 0 N–H and O–H groups in total. The van der Waals surface area contributed by atoms with E-state index in [0.29, 0.717) is 11.8 Å². The van der Waals surface area contributed by atoms with Crippen LogP contribution in [0.4, 0.5) is 0 Å². The van der Waals surface area contributed by atoms with Crippen LogP contribution in [-0.2, 0) is 5.41 Å². The zero-order chi connectivity index (χ0) is 20.6. The molecule has 1 spiro atoms. The van der Waals surface area contributed by atoms with E-state index in [4.69, 9.17) is 0 Å². The van der Waals surface area contributed by atoms with Gasteiger partial charge in [-0.15, -0.1) is 0 Å². The second-order valence-corrected chi connectivity index (χ2v) is 11.0. The van der Waals surface area contributed by atoms with Gasteiger partial charge < -0.3 is 0 Å². The third-order valence-corrected chi connectivity index (χ3v) is 8.32. The van der Waals surface area contributed by atoms with Gasteiger partial charge in [0.2, 0.25) is 0 Å². The van der Waals surface area contributed by atoms with Crippen molar-refractivity contribution < 1.29 is 0 Å². The third kappa shape index (κ3) is 3.81. The van der Waals surface area contributed by atoms with Crippen molar-refractivity contribution >= 4 is 31.9 Å². The summed E-state index contributed by atoms with van der Waals surface area (Å²) < 4.78 is 2.39. The molecule has 2 unspecified atom stereocenters. The number of benzene rings is 2. The fraction of sp³-hybridized carbons (Fsp3) is 0.481. The van der Waals surface area contributed by atoms with E-state index >= 15 is 0 Å². The molecule has 0 nitrogen and oxygen atoms in total. The summed E-state index contributed by atoms with van der Waals surface area (Å²) in [7, 11) is 0. The molecule has 0 aromatic heterocycles. The first-order valence-corrected chi connectivity index (χ1v) is 12.9. The molecule has 0 heterocycles. The number of allylic oxidation sites excluding steroid dienone is 1. The number of unbranched alkanes of at least 4 members (excludes halogenated alkanes) is 2. The summed E-state index contributed by atoms with van der Waals surface area (Å²) >= 11 is 7.55. The molecule has 0 saturated heterocycles. The van der Waals surface area contributed by atoms with E-state index in [0.717, 1.165) is 0 Å². The molecule has 2 aromatic rings. The highest BCUT2D eigenvalue weighted by molar-refractivity contribution is 9.10. The second kappa shape index (κ2) is 8.71. The monoisotopic (exact) mass is 514 g/mol. The highest BCUT2D eigenvalue weighted by Gasteiger charge is 2.49. The summed E-state index contributed by atoms with van der Waals surface area (Å²) in [6.07, 6.45) is 10.1. The normalized spacial score (nSPS) is 22.0. The Labute approximate surface area is 193 Å². The van der Waals surface area contributed by atoms with Gasteiger partial charge in [0.1, 0.15) is 0 Å². The lowest BCUT2D eigenvalue weighted by atomic mass is 9.58. The van der Waals surface area contributed by atoms with Crippen LogP contribution in [0.15, 0.2) is 57.5 Å². The number of hydrogen-bond donors (Lipinski definition) is 0. The minimum atomic E-state index is 0.121. The maximum atomic E-state index is 4.67. The lowest BCUT2D eigenvalue weighted by molar-refractivity contribution is 0.241. The van der Waals surface area contributed by atoms with E-state index in [1.54, 1.807) is 0 Å². The van der Waals surface area contributed by atoms with Gasteiger partial charge in [-0.1, -0.05) is 95.7 Å². The molecule has 4 rings (SSSR count). The molecule has 2 aliphatic carbocycles. The number of rotatable bonds is 6. The standard InChI is InChI=1S/C27H32Br2/c1-4-6-8-19-16-27(17-20(18(19)3)9-7-5-2)25-14-21(28)10-12-23(25)24-13-11-22(29)15-26(24)27/h10-15,19-20H,3-9,16-17H2,1-2H3. The van der Waals surface area contributed by atoms with Gasteiger partial charge in [-0.25, -0.2) is 0 Å². The molecular weight excluding hydrogens is 484 g/mol. The van der Waals surface area contributed by atoms with Crippen LogP contribution in [0.25, 0.3) is 11.1 Å². The Hall–Kier alpha value is -0.860. The van der Waals surface area contributed by atoms with Gasteiger partial charge in [-0.3, -0.25) is 0 Å². The molecule has 2 aliphatic rings. The van der Waals surface area contributed by atoms with Crippen molar-refractivity contribution in [1.29, 1.82) is 0 Å². The molecule has 2 atom stereocenters. The van der Waals surface area contributed by atoms with Crippen molar-refractivity contribution in [2.45, 2.75) is 70.6 Å². The van der Waals surface area contributed by atoms with Crippen LogP contribution in [0.1, 0.15) is 76.3 Å². The molecule has 154 valence electrons. The summed E-state index contributed by atoms with van der Waals surface area (Å²) in [6.45, 7) is 9.29. The first-order chi connectivity index (χ1) is 14.0. The van der Waals surface area contributed by atoms with Crippen molar-refractivity contribution in [1.82, 2.24) is 0 Å². The lowest BCUT2D eigenvalue weighted by Crippen LogP contribution is -2.38. The van der Waals surface area contributed by atoms with Crippen LogP contribution < -0.4 is 0 Å². The zero-order valence-corrected chi connectivity index (χ0v) is 20.9. The molecule has 0 aliphatic heterocycles. The van der Waals surface area contributed by atoms with Gasteiger partial charge in [-0.05, 0) is 84.0 Å². The molecule has 1 saturated carbocycles. The van der Waals surface area contributed by atoms with Crippen molar-refractivity contribution in [2.75, 3.05) is 0 Å². The maximum absolute atomic E-state index is 4.67. The molecule has 2 heteroatoms. The van der Waals surface area contributed by atoms with Crippen molar-refractivity contribution in [3.8, 4) is 11.1 Å². The van der Waals surface area contributed by atoms with E-state index < -0.39 is 0 Å². The van der Waals surface area contributed by atoms with Crippen LogP contribution in [0.2, 0.25) is 0 Å². The second-order valence-electron chi connectivity index (χ2n) is 9.12. The molecular formula is C27H32Br2. The van der Waals surface area contributed by atoms with Crippen LogP contribution >= 0.6 is 31.9 Å². The number of halogens is 2. The van der Waals surface area contributed by atoms with Gasteiger partial charge in [0.15, 0.2) is 0 Å². The highest BCUT2D eigenvalue weighted by Crippen LogP contribution is 2.60. The highest BCUT2D eigenvalue weighted by atomic mass is 79.9. The average Bonchev–Trinajstić information content (AvgIpc) is 2.95. The summed E-state index contributed by atoms with van der Waals surface area (Å²) in [5.74, 6) is 1.25. The Morgan fingerprint density at radius 1 is 0.828 bits per heavy atom. The summed E-state index contributed by atoms with van der Waals surface area (Å²) in [5, 5.41) is 0. The Morgan fingerprint density at radius 3 is 1.69 bits per heavy atom. The summed E-state index contributed by atoms with van der Waals surface area (Å²) in [6, 6.07) is 13.9. The van der Waals surface area contributed by atoms with Gasteiger partial charge in [0, 0.05) is 14.4 Å². The van der Waals surface area contributed by atoms with Crippen molar-refractivity contribution in [3.63, 3.8) is 0 Å². The Bertz CT molecular complexity index is 837. The van der Waals surface area contributed by atoms with Crippen LogP contribution in [0, 0.1) is 11.8 Å². The quantitative estimate of drug-likeness (QED) is 0.336. The Morgan fingerprint density at radius 2 is 1.28 bits per heavy atom. The predicted octanol–water partition coefficient (Wildman–Crippen LogP) is 9.44. The summed E-state index contributed by atoms with van der Waals surface area (Å²) in [4.78, 5) is 0. The largest absolute Gasteiger partial charge is 0.0993 e. The van der Waals surface area contributed by atoms with E-state index in [-0.39, 0.29) is 5.41 Å².